The number of carbonyl (C=O) groups is 5. The monoisotopic (exact) mass is 435 g/mol. The van der Waals surface area contributed by atoms with Gasteiger partial charge < -0.3 is 31.3 Å². The molecule has 166 valence electrons. The van der Waals surface area contributed by atoms with Gasteiger partial charge in [0, 0.05) is 6.42 Å². The minimum Gasteiger partial charge on any atom is -0.481 e. The number of aliphatic carboxylic acids is 2. The molecular formula is C17H29N3O8S. The van der Waals surface area contributed by atoms with Crippen LogP contribution in [0.15, 0.2) is 0 Å². The number of carboxylic acids is 2. The second kappa shape index (κ2) is 13.8. The van der Waals surface area contributed by atoms with Gasteiger partial charge in [0.1, 0.15) is 24.2 Å². The van der Waals surface area contributed by atoms with Crippen LogP contribution in [0, 0.1) is 0 Å². The number of carbonyl (C=O) groups excluding carboxylic acids is 3. The number of carboxylic acid groups (broad SMARTS) is 2. The van der Waals surface area contributed by atoms with Crippen LogP contribution in [0.2, 0.25) is 0 Å². The molecule has 0 saturated heterocycles. The average Bonchev–Trinajstić information content (AvgIpc) is 2.66. The van der Waals surface area contributed by atoms with Gasteiger partial charge >= 0.3 is 11.9 Å². The molecule has 3 amide bonds. The number of rotatable bonds is 14. The van der Waals surface area contributed by atoms with E-state index < -0.39 is 60.3 Å². The summed E-state index contributed by atoms with van der Waals surface area (Å²) in [5, 5.41) is 34.4. The zero-order valence-electron chi connectivity index (χ0n) is 16.6. The van der Waals surface area contributed by atoms with E-state index in [0.29, 0.717) is 5.75 Å². The molecule has 0 radical (unpaired) electrons. The summed E-state index contributed by atoms with van der Waals surface area (Å²) in [6.45, 7) is 2.98. The Hall–Kier alpha value is -2.34. The molecule has 0 saturated carbocycles. The zero-order valence-corrected chi connectivity index (χ0v) is 17.5. The lowest BCUT2D eigenvalue weighted by Gasteiger charge is -2.23. The summed E-state index contributed by atoms with van der Waals surface area (Å²) in [7, 11) is 0. The van der Waals surface area contributed by atoms with E-state index in [1.54, 1.807) is 13.2 Å². The molecule has 11 nitrogen and oxygen atoms in total. The Bertz CT molecular complexity index is 601. The van der Waals surface area contributed by atoms with Gasteiger partial charge in [0.15, 0.2) is 0 Å². The third-order valence-corrected chi connectivity index (χ3v) is 4.59. The fourth-order valence-electron chi connectivity index (χ4n) is 2.16. The van der Waals surface area contributed by atoms with Crippen LogP contribution in [0.5, 0.6) is 0 Å². The van der Waals surface area contributed by atoms with Crippen LogP contribution in [0.3, 0.4) is 0 Å². The van der Waals surface area contributed by atoms with Crippen molar-refractivity contribution < 1.29 is 39.3 Å². The number of hydrogen-bond donors (Lipinski definition) is 6. The molecule has 0 aromatic carbocycles. The van der Waals surface area contributed by atoms with Gasteiger partial charge in [-0.2, -0.15) is 11.8 Å². The molecule has 4 atom stereocenters. The molecule has 0 rings (SSSR count). The van der Waals surface area contributed by atoms with Crippen molar-refractivity contribution in [1.82, 2.24) is 16.0 Å². The summed E-state index contributed by atoms with van der Waals surface area (Å²) < 4.78 is 0. The van der Waals surface area contributed by atoms with Crippen LogP contribution in [-0.2, 0) is 24.0 Å². The van der Waals surface area contributed by atoms with Crippen LogP contribution in [-0.4, -0.2) is 81.2 Å². The van der Waals surface area contributed by atoms with Crippen molar-refractivity contribution in [3.8, 4) is 0 Å². The van der Waals surface area contributed by atoms with Crippen LogP contribution in [0.1, 0.15) is 39.5 Å². The summed E-state index contributed by atoms with van der Waals surface area (Å²) in [5.41, 5.74) is 0. The lowest BCUT2D eigenvalue weighted by atomic mass is 10.1. The first-order chi connectivity index (χ1) is 13.5. The summed E-state index contributed by atoms with van der Waals surface area (Å²) in [6, 6.07) is -3.52. The Labute approximate surface area is 173 Å². The van der Waals surface area contributed by atoms with Crippen molar-refractivity contribution in [3.63, 3.8) is 0 Å². The van der Waals surface area contributed by atoms with E-state index >= 15 is 0 Å². The van der Waals surface area contributed by atoms with E-state index in [9.17, 15) is 29.1 Å². The number of aliphatic hydroxyl groups is 1. The van der Waals surface area contributed by atoms with Crippen molar-refractivity contribution in [3.05, 3.63) is 0 Å². The fraction of sp³-hybridized carbons (Fsp3) is 0.706. The number of thioether (sulfide) groups is 1. The predicted octanol–water partition coefficient (Wildman–Crippen LogP) is -1.07. The van der Waals surface area contributed by atoms with Gasteiger partial charge in [-0.3, -0.25) is 19.2 Å². The number of amides is 3. The summed E-state index contributed by atoms with van der Waals surface area (Å²) >= 11 is 1.41. The van der Waals surface area contributed by atoms with Crippen molar-refractivity contribution >= 4 is 41.4 Å². The Morgan fingerprint density at radius 2 is 1.48 bits per heavy atom. The lowest BCUT2D eigenvalue weighted by Crippen LogP contribution is -2.56. The Kier molecular flexibility index (Phi) is 12.7. The first kappa shape index (κ1) is 26.7. The average molecular weight is 435 g/mol. The highest BCUT2D eigenvalue weighted by Crippen LogP contribution is 2.05. The Morgan fingerprint density at radius 1 is 0.897 bits per heavy atom. The van der Waals surface area contributed by atoms with E-state index in [1.807, 2.05) is 0 Å². The van der Waals surface area contributed by atoms with E-state index in [-0.39, 0.29) is 19.3 Å². The van der Waals surface area contributed by atoms with Crippen LogP contribution < -0.4 is 16.0 Å². The largest absolute Gasteiger partial charge is 0.481 e. The van der Waals surface area contributed by atoms with Gasteiger partial charge in [0.2, 0.25) is 17.7 Å². The molecule has 12 heteroatoms. The first-order valence-electron chi connectivity index (χ1n) is 9.06. The molecule has 0 fully saturated rings. The Balaban J connectivity index is 5.05. The maximum atomic E-state index is 12.5. The smallest absolute Gasteiger partial charge is 0.326 e. The fourth-order valence-corrected chi connectivity index (χ4v) is 2.63. The Morgan fingerprint density at radius 3 is 1.97 bits per heavy atom. The maximum Gasteiger partial charge on any atom is 0.326 e. The van der Waals surface area contributed by atoms with E-state index in [1.165, 1.54) is 18.7 Å². The van der Waals surface area contributed by atoms with Gasteiger partial charge in [-0.25, -0.2) is 4.79 Å². The van der Waals surface area contributed by atoms with Gasteiger partial charge in [0.05, 0.1) is 0 Å². The van der Waals surface area contributed by atoms with E-state index in [2.05, 4.69) is 16.0 Å². The van der Waals surface area contributed by atoms with Crippen LogP contribution >= 0.6 is 11.8 Å². The first-order valence-corrected chi connectivity index (χ1v) is 10.5. The summed E-state index contributed by atoms with van der Waals surface area (Å²) in [4.78, 5) is 58.4. The minimum absolute atomic E-state index is 0.172. The number of aliphatic hydroxyl groups excluding tert-OH is 1. The quantitative estimate of drug-likeness (QED) is 0.198. The topological polar surface area (TPSA) is 182 Å². The standard InChI is InChI=1S/C17H29N3O8S/c1-4-12(21)16(26)18-9(2)14(24)19-10(7-8-29-3)15(25)20-11(17(27)28)5-6-13(22)23/h9-12,21H,4-8H2,1-3H3,(H,18,26)(H,19,24)(H,20,25)(H,22,23)(H,27,28)/t9-,10-,11-,12?/m0/s1. The van der Waals surface area contributed by atoms with Crippen molar-refractivity contribution in [2.24, 2.45) is 0 Å². The molecule has 0 aliphatic heterocycles. The third-order valence-electron chi connectivity index (χ3n) is 3.95. The maximum absolute atomic E-state index is 12.5. The molecule has 0 aromatic rings. The molecule has 6 N–H and O–H groups in total. The minimum atomic E-state index is -1.41. The molecule has 0 aliphatic rings. The normalized spacial score (nSPS) is 14.8. The molecule has 1 unspecified atom stereocenters. The predicted molar refractivity (Wildman–Crippen MR) is 105 cm³/mol. The third kappa shape index (κ3) is 10.7. The van der Waals surface area contributed by atoms with Crippen LogP contribution in [0.25, 0.3) is 0 Å². The molecule has 0 spiro atoms. The molecule has 0 aliphatic carbocycles. The second-order valence-corrected chi connectivity index (χ2v) is 7.31. The van der Waals surface area contributed by atoms with E-state index in [4.69, 9.17) is 10.2 Å². The highest BCUT2D eigenvalue weighted by atomic mass is 32.2. The van der Waals surface area contributed by atoms with Gasteiger partial charge in [-0.05, 0) is 38.2 Å². The van der Waals surface area contributed by atoms with Gasteiger partial charge in [0.25, 0.3) is 0 Å². The molecule has 0 heterocycles. The molecule has 0 bridgehead atoms. The summed E-state index contributed by atoms with van der Waals surface area (Å²) in [6.07, 6.45) is 0.154. The van der Waals surface area contributed by atoms with Crippen molar-refractivity contribution in [1.29, 1.82) is 0 Å². The van der Waals surface area contributed by atoms with E-state index in [0.717, 1.165) is 0 Å². The second-order valence-electron chi connectivity index (χ2n) is 6.33. The van der Waals surface area contributed by atoms with Crippen molar-refractivity contribution in [2.75, 3.05) is 12.0 Å². The highest BCUT2D eigenvalue weighted by Gasteiger charge is 2.28. The number of nitrogens with one attached hydrogen (secondary N) is 3. The SMILES string of the molecule is CCC(O)C(=O)N[C@@H](C)C(=O)N[C@@H](CCSC)C(=O)N[C@@H](CCC(=O)O)C(=O)O. The molecular weight excluding hydrogens is 406 g/mol. The van der Waals surface area contributed by atoms with Crippen LogP contribution in [0.4, 0.5) is 0 Å². The molecule has 29 heavy (non-hydrogen) atoms. The lowest BCUT2D eigenvalue weighted by molar-refractivity contribution is -0.143. The van der Waals surface area contributed by atoms with Crippen molar-refractivity contribution in [2.45, 2.75) is 63.8 Å². The van der Waals surface area contributed by atoms with Gasteiger partial charge in [-0.1, -0.05) is 6.92 Å². The molecule has 0 aromatic heterocycles. The highest BCUT2D eigenvalue weighted by molar-refractivity contribution is 7.98. The summed E-state index contributed by atoms with van der Waals surface area (Å²) in [5.74, 6) is -4.27. The number of hydrogen-bond acceptors (Lipinski definition) is 7. The van der Waals surface area contributed by atoms with Gasteiger partial charge in [-0.15, -0.1) is 0 Å². The zero-order chi connectivity index (χ0) is 22.6.